The number of hydrogen-bond donors (Lipinski definition) is 0. The van der Waals surface area contributed by atoms with E-state index in [1.54, 1.807) is 24.3 Å². The quantitative estimate of drug-likeness (QED) is 0.344. The predicted molar refractivity (Wildman–Crippen MR) is 74.1 cm³/mol. The summed E-state index contributed by atoms with van der Waals surface area (Å²) in [6.45, 7) is 0. The van der Waals surface area contributed by atoms with Gasteiger partial charge in [-0.3, -0.25) is 0 Å². The van der Waals surface area contributed by atoms with Crippen molar-refractivity contribution in [1.82, 2.24) is 0 Å². The van der Waals surface area contributed by atoms with Gasteiger partial charge in [0.2, 0.25) is 0 Å². The van der Waals surface area contributed by atoms with Crippen molar-refractivity contribution in [2.75, 3.05) is 0 Å². The van der Waals surface area contributed by atoms with Gasteiger partial charge >= 0.3 is 0 Å². The molecule has 0 atom stereocenters. The van der Waals surface area contributed by atoms with Gasteiger partial charge in [-0.15, -0.1) is 23.2 Å². The third-order valence-electron chi connectivity index (χ3n) is 1.59. The van der Waals surface area contributed by atoms with Gasteiger partial charge in [0.25, 0.3) is 0 Å². The number of hydrogen-bond acceptors (Lipinski definition) is 0. The van der Waals surface area contributed by atoms with Gasteiger partial charge < -0.3 is 62.0 Å². The summed E-state index contributed by atoms with van der Waals surface area (Å²) in [6, 6.07) is 6.64. The summed E-state index contributed by atoms with van der Waals surface area (Å²) in [5.74, 6) is 0. The van der Waals surface area contributed by atoms with Crippen LogP contribution in [0.2, 0.25) is 30.1 Å². The molecule has 0 heterocycles. The van der Waals surface area contributed by atoms with Gasteiger partial charge in [-0.25, -0.2) is 0 Å². The molecule has 0 bridgehead atoms. The molecular weight excluding hydrogens is 389 g/mol. The van der Waals surface area contributed by atoms with E-state index in [9.17, 15) is 0 Å². The van der Waals surface area contributed by atoms with E-state index in [1.807, 2.05) is 0 Å². The zero-order chi connectivity index (χ0) is 12.3. The van der Waals surface area contributed by atoms with Crippen molar-refractivity contribution in [2.45, 2.75) is 0 Å². The summed E-state index contributed by atoms with van der Waals surface area (Å²) < 4.78 is 0. The maximum atomic E-state index is 5.53. The molecule has 100 valence electrons. The van der Waals surface area contributed by atoms with Crippen molar-refractivity contribution in [1.29, 1.82) is 0 Å². The molecule has 17 heavy (non-hydrogen) atoms. The number of rotatable bonds is 0. The van der Waals surface area contributed by atoms with Crippen LogP contribution >= 0.6 is 69.6 Å². The van der Waals surface area contributed by atoms with E-state index in [-0.39, 0.29) is 17.1 Å². The SMILES string of the molecule is Cl[c-]1[cH-][cH-][c-](Cl)[c-]1Cl.Clc1ccc(Cl)[c-]1Cl.[Fe]. The van der Waals surface area contributed by atoms with Crippen LogP contribution < -0.4 is 0 Å². The minimum Gasteiger partial charge on any atom is -0.731 e. The van der Waals surface area contributed by atoms with Crippen LogP contribution in [0.3, 0.4) is 0 Å². The van der Waals surface area contributed by atoms with Crippen LogP contribution in [0.15, 0.2) is 24.3 Å². The summed E-state index contributed by atoms with van der Waals surface area (Å²) in [6.07, 6.45) is 0. The first-order chi connectivity index (χ1) is 7.43. The Hall–Kier alpha value is 0.959. The second-order valence-electron chi connectivity index (χ2n) is 2.69. The normalized spacial score (nSPS) is 9.29. The van der Waals surface area contributed by atoms with Gasteiger partial charge in [0.1, 0.15) is 0 Å². The minimum atomic E-state index is 0. The Morgan fingerprint density at radius 1 is 0.824 bits per heavy atom. The molecule has 2 aromatic carbocycles. The molecule has 0 unspecified atom stereocenters. The Labute approximate surface area is 140 Å². The standard InChI is InChI=1S/2C5H2Cl3.Fe/c2*6-3-1-2-4(7)5(3)8;/h2*1-2H;/q-5;-1;. The fraction of sp³-hybridized carbons (Fsp3) is 0. The van der Waals surface area contributed by atoms with Crippen LogP contribution in [-0.2, 0) is 17.1 Å². The van der Waals surface area contributed by atoms with E-state index in [1.165, 1.54) is 0 Å². The first-order valence-corrected chi connectivity index (χ1v) is 6.22. The fourth-order valence-corrected chi connectivity index (χ4v) is 1.82. The summed E-state index contributed by atoms with van der Waals surface area (Å²) in [5.41, 5.74) is 0. The second-order valence-corrected chi connectivity index (χ2v) is 5.07. The van der Waals surface area contributed by atoms with Gasteiger partial charge in [0.15, 0.2) is 0 Å². The molecular formula is C10H4Cl6Fe-6. The second kappa shape index (κ2) is 8.19. The van der Waals surface area contributed by atoms with Gasteiger partial charge in [-0.1, -0.05) is 10.0 Å². The molecule has 0 aliphatic heterocycles. The first-order valence-electron chi connectivity index (χ1n) is 3.96. The third kappa shape index (κ3) is 5.22. The van der Waals surface area contributed by atoms with Crippen molar-refractivity contribution in [3.05, 3.63) is 54.4 Å². The Balaban J connectivity index is 0.000000284. The Bertz CT molecular complexity index is 390. The van der Waals surface area contributed by atoms with E-state index in [0.717, 1.165) is 0 Å². The van der Waals surface area contributed by atoms with Crippen LogP contribution in [0.25, 0.3) is 0 Å². The zero-order valence-corrected chi connectivity index (χ0v) is 13.6. The monoisotopic (exact) mass is 390 g/mol. The molecule has 7 heteroatoms. The molecule has 0 saturated carbocycles. The van der Waals surface area contributed by atoms with E-state index in [0.29, 0.717) is 30.1 Å². The largest absolute Gasteiger partial charge is 0.731 e. The molecule has 0 nitrogen and oxygen atoms in total. The third-order valence-corrected chi connectivity index (χ3v) is 4.05. The van der Waals surface area contributed by atoms with Gasteiger partial charge in [0.05, 0.1) is 0 Å². The molecule has 0 aliphatic carbocycles. The summed E-state index contributed by atoms with van der Waals surface area (Å²) in [5, 5.41) is 2.92. The van der Waals surface area contributed by atoms with Crippen molar-refractivity contribution in [2.24, 2.45) is 0 Å². The maximum Gasteiger partial charge on any atom is 0 e. The zero-order valence-electron chi connectivity index (χ0n) is 7.93. The van der Waals surface area contributed by atoms with Crippen LogP contribution in [-0.4, -0.2) is 0 Å². The maximum absolute atomic E-state index is 5.53. The van der Waals surface area contributed by atoms with Gasteiger partial charge in [-0.2, -0.15) is 23.7 Å². The van der Waals surface area contributed by atoms with E-state index in [2.05, 4.69) is 0 Å². The molecule has 0 aromatic heterocycles. The van der Waals surface area contributed by atoms with E-state index < -0.39 is 0 Å². The molecule has 0 amide bonds. The average molecular weight is 393 g/mol. The van der Waals surface area contributed by atoms with Crippen molar-refractivity contribution >= 4 is 69.6 Å². The molecule has 0 spiro atoms. The van der Waals surface area contributed by atoms with Gasteiger partial charge in [0, 0.05) is 17.1 Å². The first kappa shape index (κ1) is 18.0. The topological polar surface area (TPSA) is 0 Å². The van der Waals surface area contributed by atoms with Crippen LogP contribution in [0.5, 0.6) is 0 Å². The summed E-state index contributed by atoms with van der Waals surface area (Å²) in [4.78, 5) is 0. The van der Waals surface area contributed by atoms with E-state index >= 15 is 0 Å². The number of halogens is 6. The van der Waals surface area contributed by atoms with Crippen LogP contribution in [0, 0.1) is 0 Å². The molecule has 0 N–H and O–H groups in total. The Morgan fingerprint density at radius 2 is 1.18 bits per heavy atom. The molecule has 0 radical (unpaired) electrons. The van der Waals surface area contributed by atoms with Crippen molar-refractivity contribution in [3.63, 3.8) is 0 Å². The Morgan fingerprint density at radius 3 is 1.29 bits per heavy atom. The fourth-order valence-electron chi connectivity index (χ4n) is 0.813. The Kier molecular flexibility index (Phi) is 8.66. The van der Waals surface area contributed by atoms with Crippen LogP contribution in [0.1, 0.15) is 0 Å². The molecule has 2 rings (SSSR count). The van der Waals surface area contributed by atoms with Crippen LogP contribution in [0.4, 0.5) is 0 Å². The van der Waals surface area contributed by atoms with Crippen molar-refractivity contribution in [3.8, 4) is 0 Å². The average Bonchev–Trinajstić information content (AvgIpc) is 2.70. The molecule has 0 saturated heterocycles. The molecule has 2 aromatic rings. The van der Waals surface area contributed by atoms with Crippen molar-refractivity contribution < 1.29 is 17.1 Å². The molecule has 0 aliphatic rings. The van der Waals surface area contributed by atoms with Gasteiger partial charge in [-0.05, 0) is 5.02 Å². The van der Waals surface area contributed by atoms with E-state index in [4.69, 9.17) is 69.6 Å². The smallest absolute Gasteiger partial charge is 0 e. The summed E-state index contributed by atoms with van der Waals surface area (Å²) in [7, 11) is 0. The predicted octanol–water partition coefficient (Wildman–Crippen LogP) is 6.73. The minimum absolute atomic E-state index is 0. The summed E-state index contributed by atoms with van der Waals surface area (Å²) >= 11 is 33.1. The molecule has 0 fully saturated rings.